The van der Waals surface area contributed by atoms with Gasteiger partial charge in [-0.25, -0.2) is 4.39 Å². The molecule has 0 bridgehead atoms. The van der Waals surface area contributed by atoms with E-state index in [0.29, 0.717) is 12.6 Å². The van der Waals surface area contributed by atoms with Crippen LogP contribution < -0.4 is 5.32 Å². The van der Waals surface area contributed by atoms with Crippen molar-refractivity contribution in [2.75, 3.05) is 12.8 Å². The third-order valence-electron chi connectivity index (χ3n) is 4.59. The summed E-state index contributed by atoms with van der Waals surface area (Å²) >= 11 is 1.62. The molecule has 7 heteroatoms. The molecule has 5 nitrogen and oxygen atoms in total. The van der Waals surface area contributed by atoms with Crippen LogP contribution >= 0.6 is 11.8 Å². The number of carbonyl (C=O) groups is 1. The van der Waals surface area contributed by atoms with Crippen molar-refractivity contribution in [3.63, 3.8) is 0 Å². The van der Waals surface area contributed by atoms with Crippen LogP contribution in [0.15, 0.2) is 29.4 Å². The van der Waals surface area contributed by atoms with E-state index in [-0.39, 0.29) is 11.5 Å². The molecule has 0 spiro atoms. The van der Waals surface area contributed by atoms with Crippen molar-refractivity contribution >= 4 is 17.7 Å². The monoisotopic (exact) mass is 362 g/mol. The number of amides is 1. The van der Waals surface area contributed by atoms with Gasteiger partial charge < -0.3 is 9.88 Å². The number of aromatic nitrogens is 3. The summed E-state index contributed by atoms with van der Waals surface area (Å²) in [5.74, 6) is 0.113. The lowest BCUT2D eigenvalue weighted by molar-refractivity contribution is 0.0949. The van der Waals surface area contributed by atoms with Crippen LogP contribution in [0.3, 0.4) is 0 Å². The summed E-state index contributed by atoms with van der Waals surface area (Å²) in [4.78, 5) is 12.0. The Kier molecular flexibility index (Phi) is 6.07. The van der Waals surface area contributed by atoms with E-state index in [1.54, 1.807) is 23.9 Å². The second-order valence-corrected chi connectivity index (χ2v) is 7.02. The largest absolute Gasteiger partial charge is 0.352 e. The average molecular weight is 362 g/mol. The van der Waals surface area contributed by atoms with Gasteiger partial charge in [-0.3, -0.25) is 4.79 Å². The minimum Gasteiger partial charge on any atom is -0.352 e. The van der Waals surface area contributed by atoms with Gasteiger partial charge in [-0.2, -0.15) is 0 Å². The van der Waals surface area contributed by atoms with E-state index in [9.17, 15) is 9.18 Å². The van der Waals surface area contributed by atoms with Gasteiger partial charge in [-0.05, 0) is 37.7 Å². The van der Waals surface area contributed by atoms with Gasteiger partial charge in [-0.15, -0.1) is 10.2 Å². The fourth-order valence-electron chi connectivity index (χ4n) is 3.34. The fraction of sp³-hybridized carbons (Fsp3) is 0.500. The molecule has 1 aliphatic rings. The van der Waals surface area contributed by atoms with Crippen molar-refractivity contribution in [2.45, 2.75) is 49.7 Å². The van der Waals surface area contributed by atoms with Gasteiger partial charge in [0.05, 0.1) is 5.56 Å². The number of hydrogen-bond donors (Lipinski definition) is 1. The van der Waals surface area contributed by atoms with Crippen LogP contribution in [0, 0.1) is 5.82 Å². The number of thioether (sulfide) groups is 1. The molecule has 0 saturated heterocycles. The molecular formula is C18H23FN4OS. The van der Waals surface area contributed by atoms with Gasteiger partial charge >= 0.3 is 0 Å². The van der Waals surface area contributed by atoms with Gasteiger partial charge in [0.25, 0.3) is 5.91 Å². The molecule has 2 aromatic rings. The van der Waals surface area contributed by atoms with Crippen LogP contribution in [-0.4, -0.2) is 33.5 Å². The first-order valence-electron chi connectivity index (χ1n) is 8.71. The second-order valence-electron chi connectivity index (χ2n) is 6.25. The Bertz CT molecular complexity index is 728. The maximum absolute atomic E-state index is 13.6. The smallest absolute Gasteiger partial charge is 0.254 e. The van der Waals surface area contributed by atoms with Crippen LogP contribution in [0.25, 0.3) is 0 Å². The summed E-state index contributed by atoms with van der Waals surface area (Å²) in [6.45, 7) is 0.485. The molecule has 0 atom stereocenters. The lowest BCUT2D eigenvalue weighted by Crippen LogP contribution is -2.26. The molecule has 3 rings (SSSR count). The van der Waals surface area contributed by atoms with Crippen LogP contribution in [0.1, 0.15) is 54.3 Å². The van der Waals surface area contributed by atoms with Gasteiger partial charge in [0.1, 0.15) is 11.6 Å². The van der Waals surface area contributed by atoms with E-state index in [2.05, 4.69) is 20.1 Å². The Labute approximate surface area is 151 Å². The second kappa shape index (κ2) is 8.47. The predicted octanol–water partition coefficient (Wildman–Crippen LogP) is 3.62. The fourth-order valence-corrected chi connectivity index (χ4v) is 3.91. The molecule has 0 aliphatic heterocycles. The number of nitrogens with zero attached hydrogens (tertiary/aromatic N) is 3. The molecule has 134 valence electrons. The highest BCUT2D eigenvalue weighted by Crippen LogP contribution is 2.33. The zero-order valence-electron chi connectivity index (χ0n) is 14.4. The lowest BCUT2D eigenvalue weighted by Gasteiger charge is -2.16. The van der Waals surface area contributed by atoms with E-state index in [4.69, 9.17) is 0 Å². The van der Waals surface area contributed by atoms with Crippen molar-refractivity contribution in [1.82, 2.24) is 20.1 Å². The topological polar surface area (TPSA) is 59.8 Å². The van der Waals surface area contributed by atoms with Crippen molar-refractivity contribution in [3.8, 4) is 0 Å². The summed E-state index contributed by atoms with van der Waals surface area (Å²) in [5.41, 5.74) is 0.0845. The van der Waals surface area contributed by atoms with Gasteiger partial charge in [0.15, 0.2) is 5.16 Å². The minimum absolute atomic E-state index is 0.0845. The molecule has 0 radical (unpaired) electrons. The Hall–Kier alpha value is -1.89. The molecule has 1 aromatic carbocycles. The Morgan fingerprint density at radius 3 is 2.80 bits per heavy atom. The molecule has 1 aliphatic carbocycles. The van der Waals surface area contributed by atoms with Gasteiger partial charge in [0, 0.05) is 19.0 Å². The molecule has 1 fully saturated rings. The minimum atomic E-state index is -0.495. The summed E-state index contributed by atoms with van der Waals surface area (Å²) in [7, 11) is 0. The molecule has 1 aromatic heterocycles. The molecule has 25 heavy (non-hydrogen) atoms. The van der Waals surface area contributed by atoms with Gasteiger partial charge in [-0.1, -0.05) is 36.7 Å². The first-order chi connectivity index (χ1) is 12.2. The lowest BCUT2D eigenvalue weighted by atomic mass is 10.2. The number of nitrogens with one attached hydrogen (secondary N) is 1. The van der Waals surface area contributed by atoms with Crippen LogP contribution in [0.5, 0.6) is 0 Å². The summed E-state index contributed by atoms with van der Waals surface area (Å²) in [5, 5.41) is 12.4. The zero-order chi connectivity index (χ0) is 17.6. The number of rotatable bonds is 7. The third-order valence-corrected chi connectivity index (χ3v) is 5.23. The highest BCUT2D eigenvalue weighted by molar-refractivity contribution is 7.98. The quantitative estimate of drug-likeness (QED) is 0.604. The predicted molar refractivity (Wildman–Crippen MR) is 96.4 cm³/mol. The zero-order valence-corrected chi connectivity index (χ0v) is 15.2. The Morgan fingerprint density at radius 1 is 1.32 bits per heavy atom. The summed E-state index contributed by atoms with van der Waals surface area (Å²) < 4.78 is 15.9. The van der Waals surface area contributed by atoms with E-state index < -0.39 is 5.82 Å². The number of hydrogen-bond acceptors (Lipinski definition) is 4. The van der Waals surface area contributed by atoms with Crippen molar-refractivity contribution in [1.29, 1.82) is 0 Å². The Morgan fingerprint density at radius 2 is 2.08 bits per heavy atom. The summed E-state index contributed by atoms with van der Waals surface area (Å²) in [6.07, 6.45) is 8.41. The van der Waals surface area contributed by atoms with Crippen molar-refractivity contribution in [2.24, 2.45) is 0 Å². The summed E-state index contributed by atoms with van der Waals surface area (Å²) in [6, 6.07) is 6.52. The standard InChI is InChI=1S/C18H23FN4OS/c1-25-18-22-21-16(23(18)13-7-2-3-8-13)11-6-12-20-17(24)14-9-4-5-10-15(14)19/h4-5,9-10,13H,2-3,6-8,11-12H2,1H3,(H,20,24). The molecule has 1 saturated carbocycles. The highest BCUT2D eigenvalue weighted by Gasteiger charge is 2.23. The van der Waals surface area contributed by atoms with Gasteiger partial charge in [0.2, 0.25) is 0 Å². The van der Waals surface area contributed by atoms with E-state index >= 15 is 0 Å². The van der Waals surface area contributed by atoms with E-state index in [1.165, 1.54) is 37.8 Å². The molecule has 1 N–H and O–H groups in total. The Balaban J connectivity index is 1.55. The van der Waals surface area contributed by atoms with Crippen LogP contribution in [0.2, 0.25) is 0 Å². The van der Waals surface area contributed by atoms with E-state index in [1.807, 2.05) is 6.26 Å². The van der Waals surface area contributed by atoms with E-state index in [0.717, 1.165) is 23.8 Å². The highest BCUT2D eigenvalue weighted by atomic mass is 32.2. The normalized spacial score (nSPS) is 14.8. The molecule has 1 amide bonds. The molecule has 1 heterocycles. The maximum atomic E-state index is 13.6. The first kappa shape index (κ1) is 17.9. The van der Waals surface area contributed by atoms with Crippen molar-refractivity contribution in [3.05, 3.63) is 41.5 Å². The maximum Gasteiger partial charge on any atom is 0.254 e. The van der Waals surface area contributed by atoms with Crippen LogP contribution in [-0.2, 0) is 6.42 Å². The van der Waals surface area contributed by atoms with Crippen molar-refractivity contribution < 1.29 is 9.18 Å². The number of carbonyl (C=O) groups excluding carboxylic acids is 1. The van der Waals surface area contributed by atoms with Crippen LogP contribution in [0.4, 0.5) is 4.39 Å². The number of benzene rings is 1. The first-order valence-corrected chi connectivity index (χ1v) is 9.93. The number of halogens is 1. The molecular weight excluding hydrogens is 339 g/mol. The third kappa shape index (κ3) is 4.21. The number of aryl methyl sites for hydroxylation is 1. The molecule has 0 unspecified atom stereocenters. The SMILES string of the molecule is CSc1nnc(CCCNC(=O)c2ccccc2F)n1C1CCCC1. The average Bonchev–Trinajstić information content (AvgIpc) is 3.27.